The molecule has 1 aliphatic rings. The van der Waals surface area contributed by atoms with Gasteiger partial charge in [0.2, 0.25) is 0 Å². The number of methoxy groups -OCH3 is 1. The van der Waals surface area contributed by atoms with Crippen LogP contribution in [0.2, 0.25) is 0 Å². The van der Waals surface area contributed by atoms with Crippen molar-refractivity contribution in [1.29, 1.82) is 0 Å². The number of hydrogen-bond acceptors (Lipinski definition) is 3. The number of esters is 1. The molecule has 0 heterocycles. The number of thioether (sulfide) groups is 1. The van der Waals surface area contributed by atoms with E-state index in [1.165, 1.54) is 39.8 Å². The summed E-state index contributed by atoms with van der Waals surface area (Å²) in [6.45, 7) is 4.65. The van der Waals surface area contributed by atoms with E-state index in [1.807, 2.05) is 23.9 Å². The standard InChI is InChI=1S/C35H32O2S/c1-35(2)22-21-29(30-11-7-8-12-33(30)38-24-27-9-5-4-6-10-27)31-23-26(17-20-32(31)35)14-13-25-15-18-28(19-16-25)34(36)37-3/h4-21,23H,22,24H2,1-3H3/b14-13+. The van der Waals surface area contributed by atoms with Crippen LogP contribution in [0.25, 0.3) is 17.7 Å². The minimum atomic E-state index is -0.320. The highest BCUT2D eigenvalue weighted by atomic mass is 32.2. The van der Waals surface area contributed by atoms with E-state index >= 15 is 0 Å². The van der Waals surface area contributed by atoms with Crippen LogP contribution < -0.4 is 0 Å². The first kappa shape index (κ1) is 25.8. The second kappa shape index (κ2) is 11.3. The van der Waals surface area contributed by atoms with E-state index < -0.39 is 0 Å². The van der Waals surface area contributed by atoms with Crippen molar-refractivity contribution in [1.82, 2.24) is 0 Å². The van der Waals surface area contributed by atoms with Crippen molar-refractivity contribution in [2.75, 3.05) is 7.11 Å². The fourth-order valence-corrected chi connectivity index (χ4v) is 5.92. The normalized spacial score (nSPS) is 14.1. The maximum absolute atomic E-state index is 11.7. The van der Waals surface area contributed by atoms with Gasteiger partial charge in [-0.05, 0) is 75.1 Å². The van der Waals surface area contributed by atoms with E-state index in [-0.39, 0.29) is 11.4 Å². The summed E-state index contributed by atoms with van der Waals surface area (Å²) in [6.07, 6.45) is 7.66. The maximum atomic E-state index is 11.7. The van der Waals surface area contributed by atoms with Gasteiger partial charge in [-0.1, -0.05) is 105 Å². The minimum absolute atomic E-state index is 0.0803. The molecular formula is C35H32O2S. The van der Waals surface area contributed by atoms with Crippen molar-refractivity contribution in [3.05, 3.63) is 142 Å². The largest absolute Gasteiger partial charge is 0.465 e. The van der Waals surface area contributed by atoms with Crippen molar-refractivity contribution in [2.45, 2.75) is 36.3 Å². The van der Waals surface area contributed by atoms with Crippen molar-refractivity contribution in [3.8, 4) is 0 Å². The van der Waals surface area contributed by atoms with Crippen LogP contribution in [0.4, 0.5) is 0 Å². The van der Waals surface area contributed by atoms with Crippen molar-refractivity contribution >= 4 is 35.5 Å². The molecule has 3 heteroatoms. The van der Waals surface area contributed by atoms with Crippen LogP contribution >= 0.6 is 11.8 Å². The Hall–Kier alpha value is -3.82. The van der Waals surface area contributed by atoms with Crippen LogP contribution in [0, 0.1) is 0 Å². The summed E-state index contributed by atoms with van der Waals surface area (Å²) >= 11 is 1.90. The molecule has 0 saturated carbocycles. The zero-order valence-electron chi connectivity index (χ0n) is 22.1. The van der Waals surface area contributed by atoms with E-state index in [1.54, 1.807) is 12.1 Å². The van der Waals surface area contributed by atoms with E-state index in [4.69, 9.17) is 4.74 Å². The van der Waals surface area contributed by atoms with Gasteiger partial charge < -0.3 is 4.74 Å². The number of fused-ring (bicyclic) bond motifs is 1. The van der Waals surface area contributed by atoms with Crippen LogP contribution in [0.15, 0.2) is 108 Å². The van der Waals surface area contributed by atoms with Crippen molar-refractivity contribution in [3.63, 3.8) is 0 Å². The molecule has 38 heavy (non-hydrogen) atoms. The van der Waals surface area contributed by atoms with E-state index in [9.17, 15) is 4.79 Å². The van der Waals surface area contributed by atoms with Crippen molar-refractivity contribution < 1.29 is 9.53 Å². The van der Waals surface area contributed by atoms with E-state index in [0.29, 0.717) is 5.56 Å². The second-order valence-electron chi connectivity index (χ2n) is 10.2. The zero-order valence-corrected chi connectivity index (χ0v) is 22.9. The number of benzene rings is 4. The van der Waals surface area contributed by atoms with Gasteiger partial charge in [0.1, 0.15) is 0 Å². The molecule has 0 N–H and O–H groups in total. The first-order valence-electron chi connectivity index (χ1n) is 12.9. The molecule has 190 valence electrons. The Morgan fingerprint density at radius 2 is 1.53 bits per heavy atom. The molecule has 2 nitrogen and oxygen atoms in total. The lowest BCUT2D eigenvalue weighted by Gasteiger charge is -2.33. The van der Waals surface area contributed by atoms with Gasteiger partial charge in [0.05, 0.1) is 12.7 Å². The number of ether oxygens (including phenoxy) is 1. The predicted molar refractivity (Wildman–Crippen MR) is 160 cm³/mol. The van der Waals surface area contributed by atoms with Gasteiger partial charge in [-0.15, -0.1) is 11.8 Å². The highest BCUT2D eigenvalue weighted by molar-refractivity contribution is 7.98. The summed E-state index contributed by atoms with van der Waals surface area (Å²) in [6, 6.07) is 33.7. The molecule has 0 amide bonds. The number of rotatable bonds is 7. The fraction of sp³-hybridized carbons (Fsp3) is 0.171. The lowest BCUT2D eigenvalue weighted by atomic mass is 9.72. The fourth-order valence-electron chi connectivity index (χ4n) is 4.90. The Labute approximate surface area is 230 Å². The van der Waals surface area contributed by atoms with Crippen molar-refractivity contribution in [2.24, 2.45) is 0 Å². The smallest absolute Gasteiger partial charge is 0.337 e. The molecule has 0 spiro atoms. The summed E-state index contributed by atoms with van der Waals surface area (Å²) in [4.78, 5) is 13.0. The van der Waals surface area contributed by atoms with Gasteiger partial charge in [-0.3, -0.25) is 0 Å². The van der Waals surface area contributed by atoms with Gasteiger partial charge in [0.25, 0.3) is 0 Å². The molecule has 0 saturated heterocycles. The molecule has 0 radical (unpaired) electrons. The van der Waals surface area contributed by atoms with Gasteiger partial charge in [-0.25, -0.2) is 4.79 Å². The average Bonchev–Trinajstić information content (AvgIpc) is 2.95. The topological polar surface area (TPSA) is 26.3 Å². The average molecular weight is 517 g/mol. The van der Waals surface area contributed by atoms with E-state index in [2.05, 4.69) is 105 Å². The summed E-state index contributed by atoms with van der Waals surface area (Å²) < 4.78 is 4.80. The van der Waals surface area contributed by atoms with Gasteiger partial charge >= 0.3 is 5.97 Å². The van der Waals surface area contributed by atoms with Gasteiger partial charge in [0, 0.05) is 10.6 Å². The third-order valence-electron chi connectivity index (χ3n) is 7.09. The number of hydrogen-bond donors (Lipinski definition) is 0. The lowest BCUT2D eigenvalue weighted by Crippen LogP contribution is -2.22. The third-order valence-corrected chi connectivity index (χ3v) is 8.24. The highest BCUT2D eigenvalue weighted by Crippen LogP contribution is 2.44. The molecule has 0 atom stereocenters. The lowest BCUT2D eigenvalue weighted by molar-refractivity contribution is 0.0600. The molecular weight excluding hydrogens is 484 g/mol. The number of carbonyl (C=O) groups is 1. The summed E-state index contributed by atoms with van der Waals surface area (Å²) in [5, 5.41) is 0. The Balaban J connectivity index is 1.45. The van der Waals surface area contributed by atoms with Gasteiger partial charge in [-0.2, -0.15) is 0 Å². The summed E-state index contributed by atoms with van der Waals surface area (Å²) in [7, 11) is 1.40. The van der Waals surface area contributed by atoms with Gasteiger partial charge in [0.15, 0.2) is 0 Å². The first-order chi connectivity index (χ1) is 18.4. The third kappa shape index (κ3) is 5.69. The minimum Gasteiger partial charge on any atom is -0.465 e. The number of allylic oxidation sites excluding steroid dienone is 1. The second-order valence-corrected chi connectivity index (χ2v) is 11.2. The molecule has 0 aliphatic heterocycles. The van der Waals surface area contributed by atoms with E-state index in [0.717, 1.165) is 23.3 Å². The molecule has 0 bridgehead atoms. The molecule has 5 rings (SSSR count). The zero-order chi connectivity index (χ0) is 26.5. The Kier molecular flexibility index (Phi) is 7.67. The predicted octanol–water partition coefficient (Wildman–Crippen LogP) is 9.05. The quantitative estimate of drug-likeness (QED) is 0.139. The van der Waals surface area contributed by atoms with Crippen LogP contribution in [-0.4, -0.2) is 13.1 Å². The van der Waals surface area contributed by atoms with Crippen LogP contribution in [0.1, 0.15) is 64.0 Å². The molecule has 0 aromatic heterocycles. The first-order valence-corrected chi connectivity index (χ1v) is 13.9. The monoisotopic (exact) mass is 516 g/mol. The van der Waals surface area contributed by atoms with Crippen LogP contribution in [0.3, 0.4) is 0 Å². The summed E-state index contributed by atoms with van der Waals surface area (Å²) in [5.74, 6) is 0.625. The Morgan fingerprint density at radius 3 is 2.29 bits per heavy atom. The molecule has 0 fully saturated rings. The number of carbonyl (C=O) groups excluding carboxylic acids is 1. The van der Waals surface area contributed by atoms with Crippen LogP contribution in [-0.2, 0) is 15.9 Å². The molecule has 4 aromatic carbocycles. The SMILES string of the molecule is COC(=O)c1ccc(/C=C/c2ccc3c(c2)C(c2ccccc2SCc2ccccc2)=CCC3(C)C)cc1. The highest BCUT2D eigenvalue weighted by Gasteiger charge is 2.29. The van der Waals surface area contributed by atoms with Crippen LogP contribution in [0.5, 0.6) is 0 Å². The maximum Gasteiger partial charge on any atom is 0.337 e. The summed E-state index contributed by atoms with van der Waals surface area (Å²) in [5.41, 5.74) is 9.45. The molecule has 4 aromatic rings. The Morgan fingerprint density at radius 1 is 0.842 bits per heavy atom. The molecule has 1 aliphatic carbocycles. The Bertz CT molecular complexity index is 1490. The molecule has 0 unspecified atom stereocenters.